The van der Waals surface area contributed by atoms with Gasteiger partial charge in [-0.05, 0) is 24.5 Å². The fourth-order valence-corrected chi connectivity index (χ4v) is 3.17. The molecule has 8 nitrogen and oxygen atoms in total. The van der Waals surface area contributed by atoms with Gasteiger partial charge in [0.15, 0.2) is 11.2 Å². The number of nitrogens with zero attached hydrogens (tertiary/aromatic N) is 4. The highest BCUT2D eigenvalue weighted by molar-refractivity contribution is 6.31. The number of aliphatic hydroxyl groups excluding tert-OH is 1. The zero-order chi connectivity index (χ0) is 19.6. The predicted octanol–water partition coefficient (Wildman–Crippen LogP) is 1.32. The first-order valence-electron chi connectivity index (χ1n) is 8.70. The first-order valence-corrected chi connectivity index (χ1v) is 9.08. The maximum absolute atomic E-state index is 13.0. The lowest BCUT2D eigenvalue weighted by atomic mass is 10.2. The number of unbranched alkanes of at least 4 members (excludes halogenated alkanes) is 1. The van der Waals surface area contributed by atoms with Gasteiger partial charge in [0.05, 0.1) is 6.54 Å². The summed E-state index contributed by atoms with van der Waals surface area (Å²) in [5, 5.41) is 12.5. The highest BCUT2D eigenvalue weighted by atomic mass is 35.5. The molecule has 0 fully saturated rings. The van der Waals surface area contributed by atoms with E-state index in [1.807, 2.05) is 6.07 Å². The van der Waals surface area contributed by atoms with Gasteiger partial charge in [-0.15, -0.1) is 0 Å². The normalized spacial score (nSPS) is 11.3. The molecule has 0 bridgehead atoms. The number of hydrogen-bond acceptors (Lipinski definition) is 5. The van der Waals surface area contributed by atoms with Crippen LogP contribution in [0.5, 0.6) is 0 Å². The Bertz CT molecular complexity index is 1080. The number of aliphatic hydroxyl groups is 1. The van der Waals surface area contributed by atoms with E-state index in [4.69, 9.17) is 16.7 Å². The average molecular weight is 392 g/mol. The van der Waals surface area contributed by atoms with Gasteiger partial charge in [0, 0.05) is 32.3 Å². The number of hydrogen-bond donors (Lipinski definition) is 2. The number of benzene rings is 1. The molecule has 0 spiro atoms. The number of rotatable bonds is 7. The minimum atomic E-state index is -0.447. The molecule has 3 rings (SSSR count). The Morgan fingerprint density at radius 2 is 1.89 bits per heavy atom. The average Bonchev–Trinajstić information content (AvgIpc) is 2.99. The number of halogens is 1. The molecule has 0 unspecified atom stereocenters. The fourth-order valence-electron chi connectivity index (χ4n) is 2.97. The van der Waals surface area contributed by atoms with E-state index in [9.17, 15) is 9.59 Å². The van der Waals surface area contributed by atoms with Crippen molar-refractivity contribution in [2.75, 3.05) is 18.5 Å². The molecule has 0 saturated heterocycles. The van der Waals surface area contributed by atoms with Crippen LogP contribution in [-0.2, 0) is 20.6 Å². The van der Waals surface area contributed by atoms with Crippen LogP contribution in [0.2, 0.25) is 5.02 Å². The van der Waals surface area contributed by atoms with Crippen molar-refractivity contribution < 1.29 is 5.11 Å². The van der Waals surface area contributed by atoms with Crippen LogP contribution in [-0.4, -0.2) is 36.9 Å². The minimum Gasteiger partial charge on any atom is -0.396 e. The van der Waals surface area contributed by atoms with E-state index in [0.29, 0.717) is 40.7 Å². The van der Waals surface area contributed by atoms with Crippen LogP contribution in [0.25, 0.3) is 11.2 Å². The fraction of sp³-hybridized carbons (Fsp3) is 0.389. The summed E-state index contributed by atoms with van der Waals surface area (Å²) in [5.41, 5.74) is 0.507. The molecule has 0 radical (unpaired) electrons. The Morgan fingerprint density at radius 3 is 2.59 bits per heavy atom. The molecule has 0 amide bonds. The maximum atomic E-state index is 13.0. The molecule has 2 aromatic heterocycles. The van der Waals surface area contributed by atoms with Crippen molar-refractivity contribution in [2.45, 2.75) is 19.4 Å². The van der Waals surface area contributed by atoms with E-state index < -0.39 is 11.2 Å². The summed E-state index contributed by atoms with van der Waals surface area (Å²) in [6, 6.07) is 7.12. The Labute approximate surface area is 160 Å². The van der Waals surface area contributed by atoms with E-state index >= 15 is 0 Å². The molecule has 3 aromatic rings. The number of fused-ring (bicyclic) bond motifs is 1. The first kappa shape index (κ1) is 19.2. The summed E-state index contributed by atoms with van der Waals surface area (Å²) in [5.74, 6) is 0.505. The van der Waals surface area contributed by atoms with Gasteiger partial charge in [-0.3, -0.25) is 13.9 Å². The Morgan fingerprint density at radius 1 is 1.15 bits per heavy atom. The molecule has 27 heavy (non-hydrogen) atoms. The van der Waals surface area contributed by atoms with Crippen LogP contribution in [0.1, 0.15) is 18.4 Å². The summed E-state index contributed by atoms with van der Waals surface area (Å²) < 4.78 is 4.19. The Hall–Kier alpha value is -2.58. The van der Waals surface area contributed by atoms with Crippen molar-refractivity contribution in [1.82, 2.24) is 18.7 Å². The molecule has 2 heterocycles. The number of imidazole rings is 1. The SMILES string of the molecule is Cn1c(NCCCCO)nc2c1c(=O)n(Cc1ccccc1Cl)c(=O)n2C. The lowest BCUT2D eigenvalue weighted by Gasteiger charge is -2.10. The highest BCUT2D eigenvalue weighted by Gasteiger charge is 2.18. The zero-order valence-electron chi connectivity index (χ0n) is 15.3. The molecule has 1 aromatic carbocycles. The molecule has 0 aliphatic carbocycles. The summed E-state index contributed by atoms with van der Waals surface area (Å²) in [6.07, 6.45) is 1.45. The lowest BCUT2D eigenvalue weighted by Crippen LogP contribution is -2.39. The molecule has 0 saturated carbocycles. The van der Waals surface area contributed by atoms with Crippen molar-refractivity contribution in [3.63, 3.8) is 0 Å². The molecule has 2 N–H and O–H groups in total. The minimum absolute atomic E-state index is 0.0889. The number of aromatic nitrogens is 4. The summed E-state index contributed by atoms with van der Waals surface area (Å²) in [6.45, 7) is 0.830. The van der Waals surface area contributed by atoms with Gasteiger partial charge in [0.2, 0.25) is 5.95 Å². The molecule has 0 aliphatic rings. The highest BCUT2D eigenvalue weighted by Crippen LogP contribution is 2.17. The van der Waals surface area contributed by atoms with Crippen molar-refractivity contribution in [1.29, 1.82) is 0 Å². The zero-order valence-corrected chi connectivity index (χ0v) is 16.0. The van der Waals surface area contributed by atoms with Gasteiger partial charge in [-0.2, -0.15) is 4.98 Å². The van der Waals surface area contributed by atoms with Gasteiger partial charge in [0.1, 0.15) is 0 Å². The van der Waals surface area contributed by atoms with Crippen LogP contribution >= 0.6 is 11.6 Å². The van der Waals surface area contributed by atoms with Crippen LogP contribution in [0, 0.1) is 0 Å². The second kappa shape index (κ2) is 7.98. The van der Waals surface area contributed by atoms with Crippen molar-refractivity contribution in [2.24, 2.45) is 14.1 Å². The van der Waals surface area contributed by atoms with Gasteiger partial charge in [-0.25, -0.2) is 4.79 Å². The molecule has 144 valence electrons. The summed E-state index contributed by atoms with van der Waals surface area (Å²) >= 11 is 6.19. The number of anilines is 1. The standard InChI is InChI=1S/C18H22ClN5O3/c1-22-14-15(21-17(22)20-9-5-6-10-25)23(2)18(27)24(16(14)26)11-12-7-3-4-8-13(12)19/h3-4,7-8,25H,5-6,9-11H2,1-2H3,(H,20,21). The van der Waals surface area contributed by atoms with Crippen molar-refractivity contribution in [3.8, 4) is 0 Å². The van der Waals surface area contributed by atoms with Crippen LogP contribution in [0.15, 0.2) is 33.9 Å². The Balaban J connectivity index is 2.07. The molecular formula is C18H22ClN5O3. The molecule has 0 atom stereocenters. The predicted molar refractivity (Wildman–Crippen MR) is 106 cm³/mol. The summed E-state index contributed by atoms with van der Waals surface area (Å²) in [7, 11) is 3.32. The number of aryl methyl sites for hydroxylation is 2. The third-order valence-corrected chi connectivity index (χ3v) is 4.88. The second-order valence-electron chi connectivity index (χ2n) is 6.35. The number of nitrogens with one attached hydrogen (secondary N) is 1. The molecular weight excluding hydrogens is 370 g/mol. The van der Waals surface area contributed by atoms with Crippen LogP contribution in [0.3, 0.4) is 0 Å². The third-order valence-electron chi connectivity index (χ3n) is 4.51. The van der Waals surface area contributed by atoms with E-state index in [-0.39, 0.29) is 13.2 Å². The monoisotopic (exact) mass is 391 g/mol. The van der Waals surface area contributed by atoms with Gasteiger partial charge in [-0.1, -0.05) is 29.8 Å². The van der Waals surface area contributed by atoms with Crippen molar-refractivity contribution >= 4 is 28.7 Å². The summed E-state index contributed by atoms with van der Waals surface area (Å²) in [4.78, 5) is 30.1. The van der Waals surface area contributed by atoms with Crippen molar-refractivity contribution in [3.05, 3.63) is 55.7 Å². The molecule has 0 aliphatic heterocycles. The van der Waals surface area contributed by atoms with Crippen LogP contribution < -0.4 is 16.6 Å². The second-order valence-corrected chi connectivity index (χ2v) is 6.76. The van der Waals surface area contributed by atoms with E-state index in [0.717, 1.165) is 6.42 Å². The lowest BCUT2D eigenvalue weighted by molar-refractivity contribution is 0.286. The third kappa shape index (κ3) is 3.63. The maximum Gasteiger partial charge on any atom is 0.332 e. The largest absolute Gasteiger partial charge is 0.396 e. The van der Waals surface area contributed by atoms with Gasteiger partial charge in [0.25, 0.3) is 5.56 Å². The van der Waals surface area contributed by atoms with Gasteiger partial charge < -0.3 is 15.0 Å². The van der Waals surface area contributed by atoms with Gasteiger partial charge >= 0.3 is 5.69 Å². The molecule has 9 heteroatoms. The quantitative estimate of drug-likeness (QED) is 0.592. The van der Waals surface area contributed by atoms with Crippen LogP contribution in [0.4, 0.5) is 5.95 Å². The first-order chi connectivity index (χ1) is 13.0. The van der Waals surface area contributed by atoms with E-state index in [1.54, 1.807) is 36.9 Å². The Kier molecular flexibility index (Phi) is 5.67. The van der Waals surface area contributed by atoms with E-state index in [2.05, 4.69) is 10.3 Å². The van der Waals surface area contributed by atoms with E-state index in [1.165, 1.54) is 9.13 Å². The smallest absolute Gasteiger partial charge is 0.332 e. The topological polar surface area (TPSA) is 94.1 Å².